The summed E-state index contributed by atoms with van der Waals surface area (Å²) in [4.78, 5) is 11.6. The molecule has 0 aliphatic carbocycles. The molecule has 0 fully saturated rings. The van der Waals surface area contributed by atoms with Gasteiger partial charge in [0, 0.05) is 0 Å². The van der Waals surface area contributed by atoms with Crippen LogP contribution in [0.15, 0.2) is 42.5 Å². The maximum absolute atomic E-state index is 11.6. The topological polar surface area (TPSA) is 73.9 Å². The number of carbonyl (C=O) groups is 1. The molecule has 0 heterocycles. The lowest BCUT2D eigenvalue weighted by molar-refractivity contribution is 0.101. The lowest BCUT2D eigenvalue weighted by Gasteiger charge is -2.09. The quantitative estimate of drug-likeness (QED) is 0.794. The zero-order valence-corrected chi connectivity index (χ0v) is 10.8. The van der Waals surface area contributed by atoms with Crippen LogP contribution < -0.4 is 4.74 Å². The summed E-state index contributed by atoms with van der Waals surface area (Å²) in [5, 5.41) is 17.6. The van der Waals surface area contributed by atoms with Crippen LogP contribution >= 0.6 is 0 Å². The van der Waals surface area contributed by atoms with Gasteiger partial charge in [-0.25, -0.2) is 0 Å². The third-order valence-electron chi connectivity index (χ3n) is 2.70. The first-order valence-electron chi connectivity index (χ1n) is 5.87. The van der Waals surface area contributed by atoms with Crippen molar-refractivity contribution in [2.75, 3.05) is 0 Å². The molecular formula is C16H10N2O2. The van der Waals surface area contributed by atoms with E-state index in [9.17, 15) is 4.79 Å². The van der Waals surface area contributed by atoms with Gasteiger partial charge in [0.25, 0.3) is 0 Å². The first-order chi connectivity index (χ1) is 9.63. The van der Waals surface area contributed by atoms with E-state index < -0.39 is 0 Å². The number of carbonyl (C=O) groups excluding carboxylic acids is 1. The summed E-state index contributed by atoms with van der Waals surface area (Å²) in [5.74, 6) is 0.695. The summed E-state index contributed by atoms with van der Waals surface area (Å²) in [6.45, 7) is 1.44. The minimum Gasteiger partial charge on any atom is -0.457 e. The normalized spacial score (nSPS) is 9.35. The van der Waals surface area contributed by atoms with E-state index in [0.29, 0.717) is 28.2 Å². The van der Waals surface area contributed by atoms with Crippen molar-refractivity contribution in [2.45, 2.75) is 6.92 Å². The molecule has 2 aromatic carbocycles. The van der Waals surface area contributed by atoms with Gasteiger partial charge in [0.05, 0.1) is 28.8 Å². The van der Waals surface area contributed by atoms with Crippen molar-refractivity contribution in [1.29, 1.82) is 10.5 Å². The average Bonchev–Trinajstić information content (AvgIpc) is 2.47. The Balaban J connectivity index is 2.38. The zero-order valence-electron chi connectivity index (χ0n) is 10.8. The molecule has 20 heavy (non-hydrogen) atoms. The monoisotopic (exact) mass is 262 g/mol. The van der Waals surface area contributed by atoms with Gasteiger partial charge in [-0.1, -0.05) is 0 Å². The molecule has 0 saturated heterocycles. The molecular weight excluding hydrogens is 252 g/mol. The van der Waals surface area contributed by atoms with Gasteiger partial charge in [-0.05, 0) is 49.4 Å². The van der Waals surface area contributed by atoms with Crippen LogP contribution in [0.4, 0.5) is 0 Å². The summed E-state index contributed by atoms with van der Waals surface area (Å²) in [5.41, 5.74) is 1.35. The van der Waals surface area contributed by atoms with E-state index in [-0.39, 0.29) is 5.78 Å². The standard InChI is InChI=1S/C16H10N2O2/c1-11(19)15-7-4-13(10-18)8-16(15)20-14-5-2-12(9-17)3-6-14/h2-8H,1H3. The van der Waals surface area contributed by atoms with Crippen molar-refractivity contribution < 1.29 is 9.53 Å². The minimum absolute atomic E-state index is 0.141. The van der Waals surface area contributed by atoms with E-state index in [1.165, 1.54) is 13.0 Å². The Morgan fingerprint density at radius 1 is 1.00 bits per heavy atom. The second-order valence-corrected chi connectivity index (χ2v) is 4.12. The van der Waals surface area contributed by atoms with Crippen LogP contribution in [0.1, 0.15) is 28.4 Å². The molecule has 0 aromatic heterocycles. The van der Waals surface area contributed by atoms with Crippen molar-refractivity contribution >= 4 is 5.78 Å². The molecule has 2 aromatic rings. The molecule has 0 N–H and O–H groups in total. The average molecular weight is 262 g/mol. The number of benzene rings is 2. The summed E-state index contributed by atoms with van der Waals surface area (Å²) < 4.78 is 5.63. The van der Waals surface area contributed by atoms with E-state index in [2.05, 4.69) is 0 Å². The molecule has 0 saturated carbocycles. The van der Waals surface area contributed by atoms with Gasteiger partial charge in [0.2, 0.25) is 0 Å². The fourth-order valence-corrected chi connectivity index (χ4v) is 1.69. The molecule has 0 amide bonds. The van der Waals surface area contributed by atoms with Crippen molar-refractivity contribution in [1.82, 2.24) is 0 Å². The molecule has 0 aliphatic heterocycles. The number of ether oxygens (including phenoxy) is 1. The van der Waals surface area contributed by atoms with Crippen LogP contribution in [-0.4, -0.2) is 5.78 Å². The lowest BCUT2D eigenvalue weighted by atomic mass is 10.1. The fraction of sp³-hybridized carbons (Fsp3) is 0.0625. The van der Waals surface area contributed by atoms with E-state index in [1.807, 2.05) is 12.1 Å². The Bertz CT molecular complexity index is 735. The zero-order chi connectivity index (χ0) is 14.5. The maximum atomic E-state index is 11.6. The minimum atomic E-state index is -0.141. The largest absolute Gasteiger partial charge is 0.457 e. The molecule has 0 radical (unpaired) electrons. The molecule has 4 heteroatoms. The van der Waals surface area contributed by atoms with E-state index in [1.54, 1.807) is 36.4 Å². The summed E-state index contributed by atoms with van der Waals surface area (Å²) >= 11 is 0. The molecule has 0 spiro atoms. The molecule has 0 bridgehead atoms. The van der Waals surface area contributed by atoms with Crippen molar-refractivity contribution in [3.05, 3.63) is 59.2 Å². The highest BCUT2D eigenvalue weighted by Crippen LogP contribution is 2.27. The predicted octanol–water partition coefficient (Wildman–Crippen LogP) is 3.42. The molecule has 2 rings (SSSR count). The lowest BCUT2D eigenvalue weighted by Crippen LogP contribution is -1.97. The van der Waals surface area contributed by atoms with Crippen LogP contribution in [0.5, 0.6) is 11.5 Å². The van der Waals surface area contributed by atoms with Gasteiger partial charge in [-0.2, -0.15) is 10.5 Å². The number of hydrogen-bond donors (Lipinski definition) is 0. The Morgan fingerprint density at radius 3 is 2.15 bits per heavy atom. The van der Waals surface area contributed by atoms with Crippen LogP contribution in [0, 0.1) is 22.7 Å². The van der Waals surface area contributed by atoms with Gasteiger partial charge < -0.3 is 4.74 Å². The molecule has 0 aliphatic rings. The van der Waals surface area contributed by atoms with Gasteiger partial charge in [-0.15, -0.1) is 0 Å². The molecule has 0 atom stereocenters. The van der Waals surface area contributed by atoms with Crippen molar-refractivity contribution in [3.8, 4) is 23.6 Å². The highest BCUT2D eigenvalue weighted by molar-refractivity contribution is 5.97. The second kappa shape index (κ2) is 5.69. The summed E-state index contributed by atoms with van der Waals surface area (Å²) in [6.07, 6.45) is 0. The van der Waals surface area contributed by atoms with Gasteiger partial charge in [0.1, 0.15) is 11.5 Å². The number of nitrogens with zero attached hydrogens (tertiary/aromatic N) is 2. The van der Waals surface area contributed by atoms with E-state index >= 15 is 0 Å². The van der Waals surface area contributed by atoms with Crippen LogP contribution in [-0.2, 0) is 0 Å². The van der Waals surface area contributed by atoms with Crippen LogP contribution in [0.3, 0.4) is 0 Å². The van der Waals surface area contributed by atoms with Gasteiger partial charge >= 0.3 is 0 Å². The summed E-state index contributed by atoms with van der Waals surface area (Å²) in [7, 11) is 0. The van der Waals surface area contributed by atoms with E-state index in [4.69, 9.17) is 15.3 Å². The van der Waals surface area contributed by atoms with E-state index in [0.717, 1.165) is 0 Å². The van der Waals surface area contributed by atoms with Crippen molar-refractivity contribution in [3.63, 3.8) is 0 Å². The first-order valence-corrected chi connectivity index (χ1v) is 5.87. The number of rotatable bonds is 3. The number of nitriles is 2. The highest BCUT2D eigenvalue weighted by Gasteiger charge is 2.10. The Morgan fingerprint density at radius 2 is 1.60 bits per heavy atom. The number of Topliss-reactive ketones (excluding diaryl/α,β-unsaturated/α-hetero) is 1. The summed E-state index contributed by atoms with van der Waals surface area (Å²) in [6, 6.07) is 15.2. The number of ketones is 1. The number of hydrogen-bond acceptors (Lipinski definition) is 4. The van der Waals surface area contributed by atoms with Gasteiger partial charge in [0.15, 0.2) is 5.78 Å². The SMILES string of the molecule is CC(=O)c1ccc(C#N)cc1Oc1ccc(C#N)cc1. The highest BCUT2D eigenvalue weighted by atomic mass is 16.5. The Kier molecular flexibility index (Phi) is 3.79. The Labute approximate surface area is 116 Å². The van der Waals surface area contributed by atoms with Crippen molar-refractivity contribution in [2.24, 2.45) is 0 Å². The predicted molar refractivity (Wildman–Crippen MR) is 72.4 cm³/mol. The van der Waals surface area contributed by atoms with Gasteiger partial charge in [-0.3, -0.25) is 4.79 Å². The van der Waals surface area contributed by atoms with Crippen LogP contribution in [0.2, 0.25) is 0 Å². The first kappa shape index (κ1) is 13.3. The second-order valence-electron chi connectivity index (χ2n) is 4.12. The Hall–Kier alpha value is -3.11. The molecule has 0 unspecified atom stereocenters. The molecule has 4 nitrogen and oxygen atoms in total. The van der Waals surface area contributed by atoms with Crippen LogP contribution in [0.25, 0.3) is 0 Å². The third kappa shape index (κ3) is 2.82. The maximum Gasteiger partial charge on any atom is 0.163 e. The fourth-order valence-electron chi connectivity index (χ4n) is 1.69. The smallest absolute Gasteiger partial charge is 0.163 e. The third-order valence-corrected chi connectivity index (χ3v) is 2.70. The molecule has 96 valence electrons.